The average molecular weight is 476 g/mol. The van der Waals surface area contributed by atoms with Gasteiger partial charge >= 0.3 is 0 Å². The Balaban J connectivity index is 1.10. The van der Waals surface area contributed by atoms with Crippen molar-refractivity contribution in [3.63, 3.8) is 0 Å². The van der Waals surface area contributed by atoms with Crippen molar-refractivity contribution in [1.29, 1.82) is 0 Å². The number of rotatable bonds is 5. The molecule has 8 heteroatoms. The van der Waals surface area contributed by atoms with Crippen molar-refractivity contribution in [3.8, 4) is 0 Å². The number of hydrazine groups is 1. The Bertz CT molecular complexity index is 1240. The van der Waals surface area contributed by atoms with E-state index in [2.05, 4.69) is 16.9 Å². The van der Waals surface area contributed by atoms with Gasteiger partial charge in [0.25, 0.3) is 5.91 Å². The van der Waals surface area contributed by atoms with Crippen molar-refractivity contribution in [2.75, 3.05) is 26.2 Å². The van der Waals surface area contributed by atoms with Gasteiger partial charge in [-0.3, -0.25) is 19.5 Å². The number of hydrogen-bond donors (Lipinski definition) is 2. The predicted octanol–water partition coefficient (Wildman–Crippen LogP) is 2.60. The smallest absolute Gasteiger partial charge is 0.256 e. The average Bonchev–Trinajstić information content (AvgIpc) is 3.70. The summed E-state index contributed by atoms with van der Waals surface area (Å²) in [6.07, 6.45) is 8.35. The zero-order chi connectivity index (χ0) is 23.9. The molecule has 1 aromatic rings. The highest BCUT2D eigenvalue weighted by Crippen LogP contribution is 2.48. The number of carbonyl (C=O) groups is 2. The van der Waals surface area contributed by atoms with Gasteiger partial charge in [-0.15, -0.1) is 0 Å². The molecule has 3 heterocycles. The number of hydrogen-bond acceptors (Lipinski definition) is 5. The Hall–Kier alpha value is -3.00. The number of amidine groups is 1. The van der Waals surface area contributed by atoms with E-state index in [1.165, 1.54) is 5.70 Å². The third kappa shape index (κ3) is 3.37. The van der Waals surface area contributed by atoms with Crippen LogP contribution in [0.3, 0.4) is 0 Å². The fourth-order valence-electron chi connectivity index (χ4n) is 5.85. The molecule has 4 fully saturated rings. The Labute approximate surface area is 204 Å². The minimum absolute atomic E-state index is 0.0104. The molecule has 2 N–H and O–H groups in total. The molecule has 2 amide bonds. The topological polar surface area (TPSA) is 77.0 Å². The van der Waals surface area contributed by atoms with Crippen LogP contribution in [0.2, 0.25) is 0 Å². The molecule has 1 atom stereocenters. The Kier molecular flexibility index (Phi) is 4.42. The monoisotopic (exact) mass is 475 g/mol. The van der Waals surface area contributed by atoms with Crippen molar-refractivity contribution < 1.29 is 14.0 Å². The molecule has 0 radical (unpaired) electrons. The van der Waals surface area contributed by atoms with Crippen LogP contribution in [-0.4, -0.2) is 59.2 Å². The number of likely N-dealkylation sites (tertiary alicyclic amines) is 1. The van der Waals surface area contributed by atoms with Gasteiger partial charge in [0, 0.05) is 49.1 Å². The number of carbonyl (C=O) groups excluding carboxylic acids is 2. The first-order valence-electron chi connectivity index (χ1n) is 12.8. The van der Waals surface area contributed by atoms with Crippen molar-refractivity contribution in [2.45, 2.75) is 44.6 Å². The number of aliphatic imine (C=N–C) groups is 1. The normalized spacial score (nSPS) is 27.7. The van der Waals surface area contributed by atoms with E-state index >= 15 is 4.39 Å². The maximum Gasteiger partial charge on any atom is 0.256 e. The second kappa shape index (κ2) is 7.26. The van der Waals surface area contributed by atoms with Gasteiger partial charge in [0.15, 0.2) is 0 Å². The predicted molar refractivity (Wildman–Crippen MR) is 129 cm³/mol. The number of benzene rings is 1. The van der Waals surface area contributed by atoms with Gasteiger partial charge < -0.3 is 10.3 Å². The van der Waals surface area contributed by atoms with Crippen molar-refractivity contribution in [2.24, 2.45) is 22.2 Å². The molecular weight excluding hydrogens is 445 g/mol. The highest BCUT2D eigenvalue weighted by molar-refractivity contribution is 6.16. The molecule has 2 saturated carbocycles. The van der Waals surface area contributed by atoms with Gasteiger partial charge in [0.2, 0.25) is 5.91 Å². The van der Waals surface area contributed by atoms with E-state index in [-0.39, 0.29) is 29.0 Å². The van der Waals surface area contributed by atoms with E-state index in [9.17, 15) is 9.59 Å². The SMILES string of the molecule is CC1(C(=O)N2CC(CN3C(=O)C4(CC4)N=C3c3ccc(C4=CC=C5NNCC5C4)cc3F)C2)CC1. The highest BCUT2D eigenvalue weighted by atomic mass is 19.1. The van der Waals surface area contributed by atoms with E-state index in [1.54, 1.807) is 17.0 Å². The zero-order valence-corrected chi connectivity index (χ0v) is 19.9. The lowest BCUT2D eigenvalue weighted by Crippen LogP contribution is -2.56. The summed E-state index contributed by atoms with van der Waals surface area (Å²) in [5.74, 6) is 0.925. The summed E-state index contributed by atoms with van der Waals surface area (Å²) in [6, 6.07) is 5.31. The van der Waals surface area contributed by atoms with Gasteiger partial charge in [-0.2, -0.15) is 0 Å². The number of allylic oxidation sites excluding steroid dienone is 3. The fraction of sp³-hybridized carbons (Fsp3) is 0.519. The first-order valence-corrected chi connectivity index (χ1v) is 12.8. The molecule has 6 aliphatic rings. The Morgan fingerprint density at radius 2 is 2.00 bits per heavy atom. The molecule has 7 rings (SSSR count). The van der Waals surface area contributed by atoms with Crippen LogP contribution in [0.15, 0.2) is 41.0 Å². The summed E-state index contributed by atoms with van der Waals surface area (Å²) in [4.78, 5) is 34.2. The minimum Gasteiger partial charge on any atom is -0.341 e. The van der Waals surface area contributed by atoms with E-state index in [1.807, 2.05) is 24.0 Å². The summed E-state index contributed by atoms with van der Waals surface area (Å²) in [7, 11) is 0. The van der Waals surface area contributed by atoms with Gasteiger partial charge in [-0.1, -0.05) is 19.1 Å². The fourth-order valence-corrected chi connectivity index (χ4v) is 5.85. The van der Waals surface area contributed by atoms with Crippen LogP contribution in [0.5, 0.6) is 0 Å². The molecule has 3 aliphatic heterocycles. The Morgan fingerprint density at radius 3 is 2.71 bits per heavy atom. The third-order valence-electron chi connectivity index (χ3n) is 8.68. The first kappa shape index (κ1) is 21.3. The van der Waals surface area contributed by atoms with E-state index in [0.29, 0.717) is 37.0 Å². The molecule has 35 heavy (non-hydrogen) atoms. The molecule has 1 spiro atoms. The van der Waals surface area contributed by atoms with Gasteiger partial charge in [0.1, 0.15) is 17.2 Å². The number of amides is 2. The maximum absolute atomic E-state index is 15.5. The Morgan fingerprint density at radius 1 is 1.20 bits per heavy atom. The number of fused-ring (bicyclic) bond motifs is 1. The first-order chi connectivity index (χ1) is 16.9. The lowest BCUT2D eigenvalue weighted by Gasteiger charge is -2.42. The molecular formula is C27H30FN5O2. The van der Waals surface area contributed by atoms with Crippen LogP contribution in [-0.2, 0) is 9.59 Å². The van der Waals surface area contributed by atoms with E-state index < -0.39 is 5.54 Å². The van der Waals surface area contributed by atoms with Gasteiger partial charge in [0.05, 0.1) is 5.56 Å². The molecule has 0 aromatic heterocycles. The van der Waals surface area contributed by atoms with Gasteiger partial charge in [-0.05, 0) is 61.4 Å². The summed E-state index contributed by atoms with van der Waals surface area (Å²) in [5.41, 5.74) is 9.03. The largest absolute Gasteiger partial charge is 0.341 e. The summed E-state index contributed by atoms with van der Waals surface area (Å²) in [5, 5.41) is 0. The maximum atomic E-state index is 15.5. The molecule has 0 bridgehead atoms. The van der Waals surface area contributed by atoms with Crippen LogP contribution in [0, 0.1) is 23.1 Å². The molecule has 1 unspecified atom stereocenters. The molecule has 1 aromatic carbocycles. The lowest BCUT2D eigenvalue weighted by molar-refractivity contribution is -0.143. The summed E-state index contributed by atoms with van der Waals surface area (Å²) < 4.78 is 15.5. The summed E-state index contributed by atoms with van der Waals surface area (Å²) in [6.45, 7) is 4.70. The second-order valence-corrected chi connectivity index (χ2v) is 11.4. The van der Waals surface area contributed by atoms with Crippen molar-refractivity contribution in [3.05, 3.63) is 53.0 Å². The zero-order valence-electron chi connectivity index (χ0n) is 19.9. The molecule has 3 aliphatic carbocycles. The standard InChI is InChI=1S/C27H30FN5O2/c1-26(6-7-26)24(34)32-13-16(14-32)15-33-23(30-27(8-9-27)25(33)35)20-4-2-18(11-21(20)28)17-3-5-22-19(10-17)12-29-31-22/h2-5,11,16,19,29,31H,6-10,12-15H2,1H3. The van der Waals surface area contributed by atoms with E-state index in [4.69, 9.17) is 4.99 Å². The van der Waals surface area contributed by atoms with Crippen LogP contribution in [0.25, 0.3) is 5.57 Å². The van der Waals surface area contributed by atoms with Crippen LogP contribution < -0.4 is 10.9 Å². The molecule has 7 nitrogen and oxygen atoms in total. The third-order valence-corrected chi connectivity index (χ3v) is 8.68. The van der Waals surface area contributed by atoms with Crippen LogP contribution in [0.1, 0.15) is 50.2 Å². The quantitative estimate of drug-likeness (QED) is 0.687. The highest BCUT2D eigenvalue weighted by Gasteiger charge is 2.58. The summed E-state index contributed by atoms with van der Waals surface area (Å²) >= 11 is 0. The van der Waals surface area contributed by atoms with Crippen molar-refractivity contribution in [1.82, 2.24) is 20.7 Å². The van der Waals surface area contributed by atoms with Crippen LogP contribution in [0.4, 0.5) is 4.39 Å². The molecule has 182 valence electrons. The second-order valence-electron chi connectivity index (χ2n) is 11.4. The number of halogens is 1. The van der Waals surface area contributed by atoms with Gasteiger partial charge in [-0.25, -0.2) is 9.82 Å². The number of nitrogens with zero attached hydrogens (tertiary/aromatic N) is 3. The van der Waals surface area contributed by atoms with Crippen molar-refractivity contribution >= 4 is 23.2 Å². The molecule has 2 saturated heterocycles. The number of nitrogens with one attached hydrogen (secondary N) is 2. The van der Waals surface area contributed by atoms with Crippen LogP contribution >= 0.6 is 0 Å². The van der Waals surface area contributed by atoms with E-state index in [0.717, 1.165) is 49.8 Å². The lowest BCUT2D eigenvalue weighted by atomic mass is 9.88. The minimum atomic E-state index is -0.684.